The monoisotopic (exact) mass is 385 g/mol. The smallest absolute Gasteiger partial charge is 0.253 e. The second-order valence-corrected chi connectivity index (χ2v) is 8.66. The number of piperazine rings is 1. The molecule has 5 heteroatoms. The maximum Gasteiger partial charge on any atom is 0.253 e. The van der Waals surface area contributed by atoms with E-state index in [0.29, 0.717) is 24.9 Å². The molecule has 1 N–H and O–H groups in total. The van der Waals surface area contributed by atoms with Crippen molar-refractivity contribution >= 4 is 11.8 Å². The molecule has 28 heavy (non-hydrogen) atoms. The van der Waals surface area contributed by atoms with Crippen LogP contribution in [0, 0.1) is 11.8 Å². The molecule has 1 heterocycles. The lowest BCUT2D eigenvalue weighted by molar-refractivity contribution is -0.129. The molecule has 154 valence electrons. The molecular weight excluding hydrogens is 350 g/mol. The Hall–Kier alpha value is -1.88. The number of carbonyl (C=O) groups is 2. The van der Waals surface area contributed by atoms with Crippen LogP contribution in [0.1, 0.15) is 56.3 Å². The van der Waals surface area contributed by atoms with Crippen LogP contribution in [0.5, 0.6) is 0 Å². The number of benzene rings is 1. The molecule has 0 spiro atoms. The molecule has 1 atom stereocenters. The number of rotatable bonds is 7. The maximum atomic E-state index is 13.0. The van der Waals surface area contributed by atoms with Gasteiger partial charge in [-0.25, -0.2) is 0 Å². The summed E-state index contributed by atoms with van der Waals surface area (Å²) in [5.74, 6) is 1.34. The summed E-state index contributed by atoms with van der Waals surface area (Å²) in [5, 5.41) is 3.19. The maximum absolute atomic E-state index is 13.0. The molecule has 0 aromatic heterocycles. The Balaban J connectivity index is 1.59. The Bertz CT molecular complexity index is 633. The number of nitrogens with zero attached hydrogens (tertiary/aromatic N) is 2. The summed E-state index contributed by atoms with van der Waals surface area (Å²) in [4.78, 5) is 30.0. The van der Waals surface area contributed by atoms with Crippen LogP contribution >= 0.6 is 0 Å². The summed E-state index contributed by atoms with van der Waals surface area (Å²) < 4.78 is 0. The van der Waals surface area contributed by atoms with Crippen LogP contribution in [0.15, 0.2) is 30.3 Å². The molecule has 5 nitrogen and oxygen atoms in total. The molecule has 2 fully saturated rings. The highest BCUT2D eigenvalue weighted by molar-refractivity contribution is 5.94. The normalized spacial score (nSPS) is 19.8. The first-order valence-corrected chi connectivity index (χ1v) is 10.9. The topological polar surface area (TPSA) is 52.7 Å². The second-order valence-electron chi connectivity index (χ2n) is 8.66. The van der Waals surface area contributed by atoms with Crippen molar-refractivity contribution in [2.75, 3.05) is 32.7 Å². The fraction of sp³-hybridized carbons (Fsp3) is 0.652. The molecule has 0 unspecified atom stereocenters. The van der Waals surface area contributed by atoms with Gasteiger partial charge in [0.15, 0.2) is 0 Å². The van der Waals surface area contributed by atoms with Crippen molar-refractivity contribution in [2.24, 2.45) is 11.8 Å². The first-order chi connectivity index (χ1) is 13.6. The molecule has 2 aliphatic rings. The number of nitrogens with one attached hydrogen (secondary N) is 1. The number of carbonyl (C=O) groups excluding carboxylic acids is 2. The van der Waals surface area contributed by atoms with Crippen molar-refractivity contribution in [3.05, 3.63) is 35.9 Å². The zero-order chi connectivity index (χ0) is 19.9. The number of hydrogen-bond donors (Lipinski definition) is 1. The van der Waals surface area contributed by atoms with Crippen LogP contribution in [-0.2, 0) is 4.79 Å². The molecule has 2 amide bonds. The van der Waals surface area contributed by atoms with Gasteiger partial charge in [0.05, 0.1) is 6.04 Å². The average molecular weight is 386 g/mol. The standard InChI is InChI=1S/C23H35N3O2/c1-18(2)12-13-24-22(27)21(19-8-6-7-9-19)25-14-16-26(17-15-25)23(28)20-10-4-3-5-11-20/h3-5,10-11,18-19,21H,6-9,12-17H2,1-2H3,(H,24,27)/t21-/m1/s1. The van der Waals surface area contributed by atoms with Crippen LogP contribution in [0.2, 0.25) is 0 Å². The van der Waals surface area contributed by atoms with Gasteiger partial charge in [0.1, 0.15) is 0 Å². The lowest BCUT2D eigenvalue weighted by Gasteiger charge is -2.40. The Morgan fingerprint density at radius 2 is 1.68 bits per heavy atom. The summed E-state index contributed by atoms with van der Waals surface area (Å²) in [5.41, 5.74) is 0.745. The minimum Gasteiger partial charge on any atom is -0.355 e. The van der Waals surface area contributed by atoms with Crippen LogP contribution in [-0.4, -0.2) is 60.4 Å². The van der Waals surface area contributed by atoms with Gasteiger partial charge < -0.3 is 10.2 Å². The van der Waals surface area contributed by atoms with Crippen molar-refractivity contribution < 1.29 is 9.59 Å². The zero-order valence-electron chi connectivity index (χ0n) is 17.4. The Morgan fingerprint density at radius 1 is 1.04 bits per heavy atom. The van der Waals surface area contributed by atoms with Crippen LogP contribution < -0.4 is 5.32 Å². The largest absolute Gasteiger partial charge is 0.355 e. The van der Waals surface area contributed by atoms with Crippen LogP contribution in [0.4, 0.5) is 0 Å². The van der Waals surface area contributed by atoms with Crippen molar-refractivity contribution in [2.45, 2.75) is 52.0 Å². The summed E-state index contributed by atoms with van der Waals surface area (Å²) in [6.07, 6.45) is 5.76. The molecule has 1 aromatic carbocycles. The fourth-order valence-corrected chi connectivity index (χ4v) is 4.51. The van der Waals surface area contributed by atoms with E-state index in [0.717, 1.165) is 44.5 Å². The van der Waals surface area contributed by atoms with Gasteiger partial charge in [0.25, 0.3) is 5.91 Å². The third-order valence-electron chi connectivity index (χ3n) is 6.15. The third-order valence-corrected chi connectivity index (χ3v) is 6.15. The summed E-state index contributed by atoms with van der Waals surface area (Å²) in [6.45, 7) is 8.06. The highest BCUT2D eigenvalue weighted by atomic mass is 16.2. The highest BCUT2D eigenvalue weighted by Gasteiger charge is 2.37. The lowest BCUT2D eigenvalue weighted by atomic mass is 9.94. The van der Waals surface area contributed by atoms with Crippen LogP contribution in [0.3, 0.4) is 0 Å². The summed E-state index contributed by atoms with van der Waals surface area (Å²) >= 11 is 0. The molecular formula is C23H35N3O2. The minimum atomic E-state index is -0.0383. The number of hydrogen-bond acceptors (Lipinski definition) is 3. The van der Waals surface area contributed by atoms with E-state index >= 15 is 0 Å². The second kappa shape index (κ2) is 10.1. The molecule has 1 aromatic rings. The van der Waals surface area contributed by atoms with Gasteiger partial charge in [-0.3, -0.25) is 14.5 Å². The summed E-state index contributed by atoms with van der Waals surface area (Å²) in [7, 11) is 0. The van der Waals surface area contributed by atoms with E-state index in [1.165, 1.54) is 12.8 Å². The molecule has 1 aliphatic carbocycles. The molecule has 1 saturated heterocycles. The van der Waals surface area contributed by atoms with Gasteiger partial charge in [-0.1, -0.05) is 44.9 Å². The van der Waals surface area contributed by atoms with E-state index < -0.39 is 0 Å². The van der Waals surface area contributed by atoms with Gasteiger partial charge in [0.2, 0.25) is 5.91 Å². The van der Waals surface area contributed by atoms with Crippen molar-refractivity contribution in [1.29, 1.82) is 0 Å². The third kappa shape index (κ3) is 5.34. The molecule has 1 saturated carbocycles. The van der Waals surface area contributed by atoms with Gasteiger partial charge in [-0.15, -0.1) is 0 Å². The fourth-order valence-electron chi connectivity index (χ4n) is 4.51. The van der Waals surface area contributed by atoms with E-state index in [9.17, 15) is 9.59 Å². The van der Waals surface area contributed by atoms with E-state index in [4.69, 9.17) is 0 Å². The molecule has 0 bridgehead atoms. The van der Waals surface area contributed by atoms with E-state index in [-0.39, 0.29) is 17.9 Å². The lowest BCUT2D eigenvalue weighted by Crippen LogP contribution is -2.58. The predicted molar refractivity (Wildman–Crippen MR) is 112 cm³/mol. The first kappa shape index (κ1) is 20.8. The predicted octanol–water partition coefficient (Wildman–Crippen LogP) is 3.17. The molecule has 0 radical (unpaired) electrons. The zero-order valence-corrected chi connectivity index (χ0v) is 17.4. The SMILES string of the molecule is CC(C)CCNC(=O)[C@@H](C1CCCC1)N1CCN(C(=O)c2ccccc2)CC1. The van der Waals surface area contributed by atoms with E-state index in [1.807, 2.05) is 35.2 Å². The van der Waals surface area contributed by atoms with E-state index in [2.05, 4.69) is 24.1 Å². The quantitative estimate of drug-likeness (QED) is 0.784. The minimum absolute atomic E-state index is 0.0383. The van der Waals surface area contributed by atoms with Gasteiger partial charge in [-0.05, 0) is 43.2 Å². The Labute approximate surface area is 169 Å². The van der Waals surface area contributed by atoms with E-state index in [1.54, 1.807) is 0 Å². The first-order valence-electron chi connectivity index (χ1n) is 10.9. The van der Waals surface area contributed by atoms with Crippen molar-refractivity contribution in [3.63, 3.8) is 0 Å². The highest BCUT2D eigenvalue weighted by Crippen LogP contribution is 2.31. The van der Waals surface area contributed by atoms with Crippen molar-refractivity contribution in [3.8, 4) is 0 Å². The van der Waals surface area contributed by atoms with Crippen LogP contribution in [0.25, 0.3) is 0 Å². The van der Waals surface area contributed by atoms with Gasteiger partial charge in [-0.2, -0.15) is 0 Å². The molecule has 1 aliphatic heterocycles. The van der Waals surface area contributed by atoms with Crippen molar-refractivity contribution in [1.82, 2.24) is 15.1 Å². The van der Waals surface area contributed by atoms with Gasteiger partial charge >= 0.3 is 0 Å². The summed E-state index contributed by atoms with van der Waals surface area (Å²) in [6, 6.07) is 9.45. The number of amides is 2. The molecule has 3 rings (SSSR count). The average Bonchev–Trinajstić information content (AvgIpc) is 3.23. The van der Waals surface area contributed by atoms with Gasteiger partial charge in [0, 0.05) is 38.3 Å². The Kier molecular flexibility index (Phi) is 7.49. The Morgan fingerprint density at radius 3 is 2.29 bits per heavy atom.